The third kappa shape index (κ3) is 9.65. The molecule has 0 spiro atoms. The van der Waals surface area contributed by atoms with Crippen molar-refractivity contribution >= 4 is 35.3 Å². The van der Waals surface area contributed by atoms with E-state index in [2.05, 4.69) is 0 Å². The fourth-order valence-electron chi connectivity index (χ4n) is 2.26. The Morgan fingerprint density at radius 1 is 0.727 bits per heavy atom. The van der Waals surface area contributed by atoms with Gasteiger partial charge >= 0.3 is 0 Å². The van der Waals surface area contributed by atoms with Crippen molar-refractivity contribution in [3.63, 3.8) is 0 Å². The molecule has 0 unspecified atom stereocenters. The number of carbonyl (C=O) groups excluding carboxylic acids is 4. The number of benzene rings is 2. The third-order valence-corrected chi connectivity index (χ3v) is 4.18. The van der Waals surface area contributed by atoms with Gasteiger partial charge < -0.3 is 19.7 Å². The van der Waals surface area contributed by atoms with Crippen molar-refractivity contribution in [1.29, 1.82) is 0 Å². The van der Waals surface area contributed by atoms with E-state index in [1.807, 2.05) is 0 Å². The van der Waals surface area contributed by atoms with Crippen LogP contribution in [0.25, 0.3) is 12.2 Å². The Kier molecular flexibility index (Phi) is 10.8. The van der Waals surface area contributed by atoms with Crippen LogP contribution in [0.15, 0.2) is 48.6 Å². The Balaban J connectivity index is 0.000000801. The van der Waals surface area contributed by atoms with Gasteiger partial charge in [0.2, 0.25) is 0 Å². The minimum Gasteiger partial charge on any atom is -0.504 e. The normalized spacial score (nSPS) is 10.4. The summed E-state index contributed by atoms with van der Waals surface area (Å²) in [6.07, 6.45) is 5.44. The van der Waals surface area contributed by atoms with E-state index >= 15 is 0 Å². The summed E-state index contributed by atoms with van der Waals surface area (Å²) in [4.78, 5) is 43.4. The molecule has 0 aromatic heterocycles. The van der Waals surface area contributed by atoms with E-state index in [-0.39, 0.29) is 41.1 Å². The molecule has 0 aliphatic carbocycles. The standard InChI is InChI=1S/C21H20O6.C4H6O2/c1-26-20-11-14(5-9-18(20)24)3-7-16(22)13-17(23)8-4-15-6-10-19(25)21(12-15)27-2;1-3(5)4(2)6/h3-12,24-25H,13H2,1-2H3;1-2H3/b7-3+,8-4+;. The van der Waals surface area contributed by atoms with Crippen molar-refractivity contribution in [2.75, 3.05) is 14.2 Å². The predicted molar refractivity (Wildman–Crippen MR) is 123 cm³/mol. The number of ether oxygens (including phenoxy) is 2. The third-order valence-electron chi connectivity index (χ3n) is 4.18. The second-order valence-corrected chi connectivity index (χ2v) is 6.75. The maximum atomic E-state index is 11.9. The maximum absolute atomic E-state index is 11.9. The van der Waals surface area contributed by atoms with Gasteiger partial charge in [0.1, 0.15) is 0 Å². The van der Waals surface area contributed by atoms with Gasteiger partial charge in [-0.3, -0.25) is 19.2 Å². The minimum absolute atomic E-state index is 0.00662. The zero-order valence-corrected chi connectivity index (χ0v) is 18.8. The van der Waals surface area contributed by atoms with E-state index in [4.69, 9.17) is 9.47 Å². The van der Waals surface area contributed by atoms with Gasteiger partial charge in [-0.1, -0.05) is 24.3 Å². The summed E-state index contributed by atoms with van der Waals surface area (Å²) < 4.78 is 10.00. The largest absolute Gasteiger partial charge is 0.504 e. The molecular formula is C25H26O8. The van der Waals surface area contributed by atoms with E-state index < -0.39 is 0 Å². The lowest BCUT2D eigenvalue weighted by Crippen LogP contribution is -2.01. The second kappa shape index (κ2) is 13.3. The van der Waals surface area contributed by atoms with E-state index in [1.165, 1.54) is 52.4 Å². The van der Waals surface area contributed by atoms with Crippen molar-refractivity contribution in [2.45, 2.75) is 20.3 Å². The molecule has 2 aromatic rings. The quantitative estimate of drug-likeness (QED) is 0.335. The van der Waals surface area contributed by atoms with Gasteiger partial charge in [-0.25, -0.2) is 0 Å². The van der Waals surface area contributed by atoms with Crippen LogP contribution in [0.4, 0.5) is 0 Å². The molecule has 174 valence electrons. The smallest absolute Gasteiger partial charge is 0.195 e. The summed E-state index contributed by atoms with van der Waals surface area (Å²) in [5.41, 5.74) is 1.33. The second-order valence-electron chi connectivity index (χ2n) is 6.75. The molecule has 2 rings (SSSR count). The zero-order valence-electron chi connectivity index (χ0n) is 18.8. The van der Waals surface area contributed by atoms with Gasteiger partial charge in [0, 0.05) is 13.8 Å². The molecule has 8 nitrogen and oxygen atoms in total. The van der Waals surface area contributed by atoms with Gasteiger partial charge in [-0.2, -0.15) is 0 Å². The fourth-order valence-corrected chi connectivity index (χ4v) is 2.26. The predicted octanol–water partition coefficient (Wildman–Crippen LogP) is 3.53. The van der Waals surface area contributed by atoms with Crippen molar-refractivity contribution in [2.24, 2.45) is 0 Å². The topological polar surface area (TPSA) is 127 Å². The molecule has 2 N–H and O–H groups in total. The number of aromatic hydroxyl groups is 2. The van der Waals surface area contributed by atoms with Gasteiger partial charge in [-0.15, -0.1) is 0 Å². The number of rotatable bonds is 9. The van der Waals surface area contributed by atoms with Gasteiger partial charge in [0.15, 0.2) is 46.1 Å². The number of phenolic OH excluding ortho intramolecular Hbond substituents is 2. The molecule has 0 radical (unpaired) electrons. The summed E-state index contributed by atoms with van der Waals surface area (Å²) in [5.74, 6) is -0.842. The first-order chi connectivity index (χ1) is 15.6. The van der Waals surface area contributed by atoms with E-state index in [9.17, 15) is 29.4 Å². The van der Waals surface area contributed by atoms with Gasteiger partial charge in [0.25, 0.3) is 0 Å². The highest BCUT2D eigenvalue weighted by Crippen LogP contribution is 2.27. The molecule has 33 heavy (non-hydrogen) atoms. The first-order valence-corrected chi connectivity index (χ1v) is 9.74. The first kappa shape index (κ1) is 26.8. The monoisotopic (exact) mass is 454 g/mol. The number of phenols is 2. The van der Waals surface area contributed by atoms with Crippen LogP contribution in [0.1, 0.15) is 31.4 Å². The average molecular weight is 454 g/mol. The number of Topliss-reactive ketones (excluding diaryl/α,β-unsaturated/α-hetero) is 2. The Hall–Kier alpha value is -4.20. The Bertz CT molecular complexity index is 994. The van der Waals surface area contributed by atoms with Crippen LogP contribution in [0.2, 0.25) is 0 Å². The molecule has 0 aliphatic rings. The Labute approximate surface area is 191 Å². The van der Waals surface area contributed by atoms with Crippen molar-refractivity contribution in [1.82, 2.24) is 0 Å². The number of carbonyl (C=O) groups is 4. The Morgan fingerprint density at radius 3 is 1.39 bits per heavy atom. The van der Waals surface area contributed by atoms with Crippen LogP contribution in [0.3, 0.4) is 0 Å². The molecule has 0 bridgehead atoms. The van der Waals surface area contributed by atoms with Gasteiger partial charge in [0.05, 0.1) is 20.6 Å². The van der Waals surface area contributed by atoms with Crippen molar-refractivity contribution in [3.8, 4) is 23.0 Å². The zero-order chi connectivity index (χ0) is 25.0. The molecule has 8 heteroatoms. The Morgan fingerprint density at radius 2 is 1.09 bits per heavy atom. The summed E-state index contributed by atoms with van der Waals surface area (Å²) in [6.45, 7) is 2.50. The number of hydrogen-bond acceptors (Lipinski definition) is 8. The maximum Gasteiger partial charge on any atom is 0.195 e. The minimum atomic E-state index is -0.380. The van der Waals surface area contributed by atoms with Crippen LogP contribution in [-0.4, -0.2) is 47.6 Å². The van der Waals surface area contributed by atoms with E-state index in [0.29, 0.717) is 22.6 Å². The summed E-state index contributed by atoms with van der Waals surface area (Å²) in [6, 6.07) is 9.34. The lowest BCUT2D eigenvalue weighted by Gasteiger charge is -2.03. The van der Waals surface area contributed by atoms with Crippen LogP contribution < -0.4 is 9.47 Å². The van der Waals surface area contributed by atoms with E-state index in [0.717, 1.165) is 0 Å². The van der Waals surface area contributed by atoms with Crippen molar-refractivity contribution in [3.05, 3.63) is 59.7 Å². The number of hydrogen-bond donors (Lipinski definition) is 2. The lowest BCUT2D eigenvalue weighted by molar-refractivity contribution is -0.134. The molecule has 0 fully saturated rings. The summed E-state index contributed by atoms with van der Waals surface area (Å²) >= 11 is 0. The fraction of sp³-hybridized carbons (Fsp3) is 0.200. The summed E-state index contributed by atoms with van der Waals surface area (Å²) in [5, 5.41) is 19.1. The molecule has 0 aliphatic heterocycles. The van der Waals surface area contributed by atoms with Gasteiger partial charge in [-0.05, 0) is 47.5 Å². The molecular weight excluding hydrogens is 428 g/mol. The van der Waals surface area contributed by atoms with E-state index in [1.54, 1.807) is 36.4 Å². The molecule has 0 heterocycles. The molecule has 0 atom stereocenters. The molecule has 2 aromatic carbocycles. The molecule has 0 amide bonds. The highest BCUT2D eigenvalue weighted by atomic mass is 16.5. The summed E-state index contributed by atoms with van der Waals surface area (Å²) in [7, 11) is 2.87. The van der Waals surface area contributed by atoms with Crippen LogP contribution in [0, 0.1) is 0 Å². The number of ketones is 4. The number of methoxy groups -OCH3 is 2. The number of allylic oxidation sites excluding steroid dienone is 2. The van der Waals surface area contributed by atoms with Crippen molar-refractivity contribution < 1.29 is 38.9 Å². The highest BCUT2D eigenvalue weighted by molar-refractivity contribution is 6.35. The lowest BCUT2D eigenvalue weighted by atomic mass is 10.1. The average Bonchev–Trinajstić information content (AvgIpc) is 2.78. The first-order valence-electron chi connectivity index (χ1n) is 9.74. The van der Waals surface area contributed by atoms with Crippen LogP contribution >= 0.6 is 0 Å². The van der Waals surface area contributed by atoms with Crippen LogP contribution in [-0.2, 0) is 19.2 Å². The SMILES string of the molecule is CC(=O)C(C)=O.COc1cc(/C=C/C(=O)CC(=O)/C=C/c2ccc(O)c(OC)c2)ccc1O. The molecule has 0 saturated carbocycles. The molecule has 0 saturated heterocycles. The van der Waals surface area contributed by atoms with Crippen LogP contribution in [0.5, 0.6) is 23.0 Å². The highest BCUT2D eigenvalue weighted by Gasteiger charge is 2.06.